The number of anilines is 1. The van der Waals surface area contributed by atoms with Gasteiger partial charge in [-0.05, 0) is 31.9 Å². The van der Waals surface area contributed by atoms with E-state index >= 15 is 0 Å². The molecule has 1 aromatic heterocycles. The molecule has 1 aromatic carbocycles. The van der Waals surface area contributed by atoms with E-state index in [0.29, 0.717) is 11.6 Å². The number of carbonyl (C=O) groups excluding carboxylic acids is 1. The summed E-state index contributed by atoms with van der Waals surface area (Å²) in [5.74, 6) is 0.199. The molecule has 124 valence electrons. The summed E-state index contributed by atoms with van der Waals surface area (Å²) in [6, 6.07) is 7.28. The molecular formula is C16H20N2O4S. The molecule has 0 unspecified atom stereocenters. The monoisotopic (exact) mass is 336 g/mol. The zero-order valence-corrected chi connectivity index (χ0v) is 14.2. The summed E-state index contributed by atoms with van der Waals surface area (Å²) in [5.41, 5.74) is 2.72. The van der Waals surface area contributed by atoms with E-state index in [0.717, 1.165) is 16.7 Å². The van der Waals surface area contributed by atoms with Gasteiger partial charge in [0.2, 0.25) is 5.91 Å². The van der Waals surface area contributed by atoms with Crippen molar-refractivity contribution in [3.63, 3.8) is 0 Å². The highest BCUT2D eigenvalue weighted by molar-refractivity contribution is 7.90. The number of nitrogens with zero attached hydrogens (tertiary/aromatic N) is 1. The van der Waals surface area contributed by atoms with Gasteiger partial charge in [-0.25, -0.2) is 8.42 Å². The highest BCUT2D eigenvalue weighted by Crippen LogP contribution is 2.15. The molecule has 2 rings (SSSR count). The van der Waals surface area contributed by atoms with Crippen molar-refractivity contribution in [2.75, 3.05) is 11.1 Å². The molecule has 0 aliphatic carbocycles. The van der Waals surface area contributed by atoms with E-state index < -0.39 is 15.7 Å². The third-order valence-electron chi connectivity index (χ3n) is 3.42. The summed E-state index contributed by atoms with van der Waals surface area (Å²) in [6.07, 6.45) is -0.112. The molecule has 0 spiro atoms. The Balaban J connectivity index is 1.93. The Hall–Kier alpha value is -2.15. The zero-order valence-electron chi connectivity index (χ0n) is 13.4. The standard InChI is InChI=1S/C16H20N2O4S/c1-11-4-5-12(2)14(8-11)10-23(20,21)7-6-16(19)17-15-9-13(3)22-18-15/h4-5,8-9H,6-7,10H2,1-3H3,(H,17,18,19). The third-order valence-corrected chi connectivity index (χ3v) is 4.99. The number of sulfone groups is 1. The van der Waals surface area contributed by atoms with Crippen LogP contribution in [0.2, 0.25) is 0 Å². The number of benzene rings is 1. The van der Waals surface area contributed by atoms with E-state index in [1.54, 1.807) is 13.0 Å². The van der Waals surface area contributed by atoms with E-state index in [4.69, 9.17) is 4.52 Å². The van der Waals surface area contributed by atoms with Crippen LogP contribution in [-0.2, 0) is 20.4 Å². The smallest absolute Gasteiger partial charge is 0.226 e. The van der Waals surface area contributed by atoms with Gasteiger partial charge in [0, 0.05) is 12.5 Å². The molecule has 1 N–H and O–H groups in total. The molecular weight excluding hydrogens is 316 g/mol. The maximum atomic E-state index is 12.2. The number of carbonyl (C=O) groups is 1. The van der Waals surface area contributed by atoms with E-state index in [9.17, 15) is 13.2 Å². The van der Waals surface area contributed by atoms with Crippen molar-refractivity contribution in [3.05, 3.63) is 46.7 Å². The van der Waals surface area contributed by atoms with Crippen LogP contribution in [0.25, 0.3) is 0 Å². The van der Waals surface area contributed by atoms with Crippen LogP contribution in [0.5, 0.6) is 0 Å². The summed E-state index contributed by atoms with van der Waals surface area (Å²) in [4.78, 5) is 11.8. The molecule has 0 bridgehead atoms. The van der Waals surface area contributed by atoms with Crippen molar-refractivity contribution in [1.82, 2.24) is 5.16 Å². The predicted molar refractivity (Wildman–Crippen MR) is 87.9 cm³/mol. The van der Waals surface area contributed by atoms with Crippen LogP contribution in [0.3, 0.4) is 0 Å². The highest BCUT2D eigenvalue weighted by atomic mass is 32.2. The lowest BCUT2D eigenvalue weighted by molar-refractivity contribution is -0.115. The van der Waals surface area contributed by atoms with Crippen molar-refractivity contribution in [3.8, 4) is 0 Å². The maximum absolute atomic E-state index is 12.2. The Morgan fingerprint density at radius 2 is 1.96 bits per heavy atom. The van der Waals surface area contributed by atoms with Crippen LogP contribution >= 0.6 is 0 Å². The lowest BCUT2D eigenvalue weighted by Gasteiger charge is -2.08. The lowest BCUT2D eigenvalue weighted by atomic mass is 10.1. The number of aromatic nitrogens is 1. The van der Waals surface area contributed by atoms with Gasteiger partial charge >= 0.3 is 0 Å². The highest BCUT2D eigenvalue weighted by Gasteiger charge is 2.16. The van der Waals surface area contributed by atoms with Crippen LogP contribution in [0.4, 0.5) is 5.82 Å². The maximum Gasteiger partial charge on any atom is 0.226 e. The minimum Gasteiger partial charge on any atom is -0.360 e. The molecule has 7 heteroatoms. The molecule has 0 saturated heterocycles. The largest absolute Gasteiger partial charge is 0.360 e. The number of hydrogen-bond donors (Lipinski definition) is 1. The Morgan fingerprint density at radius 1 is 1.22 bits per heavy atom. The Bertz CT molecular complexity index is 809. The summed E-state index contributed by atoms with van der Waals surface area (Å²) < 4.78 is 29.3. The summed E-state index contributed by atoms with van der Waals surface area (Å²) in [6.45, 7) is 5.50. The molecule has 0 saturated carbocycles. The number of nitrogens with one attached hydrogen (secondary N) is 1. The van der Waals surface area contributed by atoms with Gasteiger partial charge in [0.05, 0.1) is 11.5 Å². The second-order valence-corrected chi connectivity index (χ2v) is 7.83. The second kappa shape index (κ2) is 6.95. The normalized spacial score (nSPS) is 11.4. The van der Waals surface area contributed by atoms with Gasteiger partial charge in [-0.3, -0.25) is 4.79 Å². The van der Waals surface area contributed by atoms with E-state index in [-0.39, 0.29) is 17.9 Å². The number of hydrogen-bond acceptors (Lipinski definition) is 5. The first-order chi connectivity index (χ1) is 10.7. The number of rotatable bonds is 6. The van der Waals surface area contributed by atoms with E-state index in [2.05, 4.69) is 10.5 Å². The van der Waals surface area contributed by atoms with E-state index in [1.165, 1.54) is 0 Å². The summed E-state index contributed by atoms with van der Waals surface area (Å²) in [7, 11) is -3.36. The second-order valence-electron chi connectivity index (χ2n) is 5.64. The molecule has 1 heterocycles. The van der Waals surface area contributed by atoms with Crippen molar-refractivity contribution in [2.24, 2.45) is 0 Å². The predicted octanol–water partition coefficient (Wildman–Crippen LogP) is 2.54. The molecule has 1 amide bonds. The Labute approximate surface area is 135 Å². The average molecular weight is 336 g/mol. The van der Waals surface area contributed by atoms with Crippen molar-refractivity contribution >= 4 is 21.6 Å². The van der Waals surface area contributed by atoms with Crippen LogP contribution in [0.15, 0.2) is 28.8 Å². The number of amides is 1. The van der Waals surface area contributed by atoms with Crippen LogP contribution in [0, 0.1) is 20.8 Å². The molecule has 0 atom stereocenters. The fourth-order valence-electron chi connectivity index (χ4n) is 2.14. The summed E-state index contributed by atoms with van der Waals surface area (Å²) >= 11 is 0. The molecule has 0 radical (unpaired) electrons. The van der Waals surface area contributed by atoms with Crippen molar-refractivity contribution < 1.29 is 17.7 Å². The van der Waals surface area contributed by atoms with Crippen molar-refractivity contribution in [2.45, 2.75) is 32.9 Å². The van der Waals surface area contributed by atoms with Gasteiger partial charge in [-0.1, -0.05) is 28.9 Å². The lowest BCUT2D eigenvalue weighted by Crippen LogP contribution is -2.18. The van der Waals surface area contributed by atoms with Crippen LogP contribution in [-0.4, -0.2) is 25.2 Å². The molecule has 6 nitrogen and oxygen atoms in total. The SMILES string of the molecule is Cc1ccc(C)c(CS(=O)(=O)CCC(=O)Nc2cc(C)on2)c1. The quantitative estimate of drug-likeness (QED) is 0.875. The third kappa shape index (κ3) is 5.21. The zero-order chi connectivity index (χ0) is 17.0. The van der Waals surface area contributed by atoms with Gasteiger partial charge < -0.3 is 9.84 Å². The van der Waals surface area contributed by atoms with Gasteiger partial charge in [0.15, 0.2) is 15.7 Å². The average Bonchev–Trinajstić information content (AvgIpc) is 2.86. The fraction of sp³-hybridized carbons (Fsp3) is 0.375. The Morgan fingerprint density at radius 3 is 2.61 bits per heavy atom. The molecule has 23 heavy (non-hydrogen) atoms. The van der Waals surface area contributed by atoms with E-state index in [1.807, 2.05) is 32.0 Å². The van der Waals surface area contributed by atoms with Crippen LogP contribution in [0.1, 0.15) is 28.9 Å². The molecule has 0 fully saturated rings. The Kier molecular flexibility index (Phi) is 5.20. The molecule has 2 aromatic rings. The van der Waals surface area contributed by atoms with Crippen LogP contribution < -0.4 is 5.32 Å². The first-order valence-electron chi connectivity index (χ1n) is 7.25. The summed E-state index contributed by atoms with van der Waals surface area (Å²) in [5, 5.41) is 6.14. The molecule has 0 aliphatic rings. The first kappa shape index (κ1) is 17.2. The van der Waals surface area contributed by atoms with Gasteiger partial charge in [0.1, 0.15) is 5.76 Å². The number of aryl methyl sites for hydroxylation is 3. The van der Waals surface area contributed by atoms with Crippen molar-refractivity contribution in [1.29, 1.82) is 0 Å². The van der Waals surface area contributed by atoms with Gasteiger partial charge in [0.25, 0.3) is 0 Å². The van der Waals surface area contributed by atoms with Gasteiger partial charge in [-0.2, -0.15) is 0 Å². The minimum absolute atomic E-state index is 0.0587. The fourth-order valence-corrected chi connectivity index (χ4v) is 3.57. The van der Waals surface area contributed by atoms with Gasteiger partial charge in [-0.15, -0.1) is 0 Å². The molecule has 0 aliphatic heterocycles. The first-order valence-corrected chi connectivity index (χ1v) is 9.07. The topological polar surface area (TPSA) is 89.3 Å². The minimum atomic E-state index is -3.36.